The summed E-state index contributed by atoms with van der Waals surface area (Å²) in [6.45, 7) is 0.907. The molecule has 2 heterocycles. The van der Waals surface area contributed by atoms with Crippen molar-refractivity contribution in [2.24, 2.45) is 5.73 Å². The first-order valence-electron chi connectivity index (χ1n) is 13.0. The first kappa shape index (κ1) is 27.1. The van der Waals surface area contributed by atoms with Crippen LogP contribution in [0, 0.1) is 5.82 Å². The minimum atomic E-state index is -1.70. The molecule has 0 atom stereocenters. The number of rotatable bonds is 8. The van der Waals surface area contributed by atoms with Crippen LogP contribution in [0.3, 0.4) is 0 Å². The second-order valence-electron chi connectivity index (χ2n) is 10.1. The molecule has 2 aromatic carbocycles. The molecule has 210 valence electrons. The molecule has 12 heteroatoms. The molecule has 1 aliphatic carbocycles. The van der Waals surface area contributed by atoms with Crippen molar-refractivity contribution >= 4 is 23.5 Å². The Bertz CT molecular complexity index is 1460. The van der Waals surface area contributed by atoms with Gasteiger partial charge in [-0.3, -0.25) is 14.4 Å². The van der Waals surface area contributed by atoms with E-state index in [1.807, 2.05) is 0 Å². The van der Waals surface area contributed by atoms with Gasteiger partial charge in [0.25, 0.3) is 17.7 Å². The van der Waals surface area contributed by atoms with E-state index in [9.17, 15) is 23.2 Å². The molecule has 2 fully saturated rings. The fourth-order valence-corrected chi connectivity index (χ4v) is 5.01. The number of nitrogens with zero attached hydrogens (tertiary/aromatic N) is 3. The van der Waals surface area contributed by atoms with Gasteiger partial charge >= 0.3 is 0 Å². The van der Waals surface area contributed by atoms with E-state index in [-0.39, 0.29) is 48.1 Å². The number of methoxy groups -OCH3 is 1. The summed E-state index contributed by atoms with van der Waals surface area (Å²) in [4.78, 5) is 38.8. The minimum absolute atomic E-state index is 0.0816. The smallest absolute Gasteiger partial charge is 0.260 e. The number of carbonyl (C=O) groups is 3. The summed E-state index contributed by atoms with van der Waals surface area (Å²) >= 11 is 0. The lowest BCUT2D eigenvalue weighted by Gasteiger charge is -2.33. The lowest BCUT2D eigenvalue weighted by atomic mass is 10.0. The molecule has 0 bridgehead atoms. The van der Waals surface area contributed by atoms with Crippen LogP contribution in [0.5, 0.6) is 5.75 Å². The molecule has 2 aliphatic rings. The molecule has 40 heavy (non-hydrogen) atoms. The largest absolute Gasteiger partial charge is 0.496 e. The average Bonchev–Trinajstić information content (AvgIpc) is 3.61. The average molecular weight is 553 g/mol. The highest BCUT2D eigenvalue weighted by Gasteiger charge is 2.53. The number of alkyl halides is 1. The molecule has 1 saturated carbocycles. The Morgan fingerprint density at radius 1 is 1.12 bits per heavy atom. The predicted octanol–water partition coefficient (Wildman–Crippen LogP) is 2.97. The highest BCUT2D eigenvalue weighted by Crippen LogP contribution is 2.42. The number of hydrogen-bond donors (Lipinski definition) is 3. The van der Waals surface area contributed by atoms with Crippen molar-refractivity contribution < 1.29 is 27.9 Å². The van der Waals surface area contributed by atoms with Crippen LogP contribution in [0.2, 0.25) is 0 Å². The van der Waals surface area contributed by atoms with Crippen molar-refractivity contribution in [1.29, 1.82) is 0 Å². The van der Waals surface area contributed by atoms with E-state index in [1.54, 1.807) is 33.8 Å². The molecule has 1 aromatic heterocycles. The number of piperidine rings is 1. The normalized spacial score (nSPS) is 16.4. The molecule has 1 saturated heterocycles. The van der Waals surface area contributed by atoms with Crippen molar-refractivity contribution in [3.63, 3.8) is 0 Å². The van der Waals surface area contributed by atoms with Crippen LogP contribution in [0.4, 0.5) is 14.6 Å². The summed E-state index contributed by atoms with van der Waals surface area (Å²) in [5, 5.41) is 7.36. The number of nitrogen functional groups attached to an aromatic ring is 1. The number of primary amides is 1. The van der Waals surface area contributed by atoms with Gasteiger partial charge in [0, 0.05) is 25.2 Å². The third-order valence-electron chi connectivity index (χ3n) is 7.45. The lowest BCUT2D eigenvalue weighted by molar-refractivity contribution is -0.139. The fourth-order valence-electron chi connectivity index (χ4n) is 5.01. The van der Waals surface area contributed by atoms with Gasteiger partial charge in [-0.2, -0.15) is 5.10 Å². The van der Waals surface area contributed by atoms with Crippen molar-refractivity contribution in [3.8, 4) is 17.0 Å². The summed E-state index contributed by atoms with van der Waals surface area (Å²) in [7, 11) is 1.40. The molecular weight excluding hydrogens is 522 g/mol. The van der Waals surface area contributed by atoms with Gasteiger partial charge in [-0.05, 0) is 49.4 Å². The maximum Gasteiger partial charge on any atom is 0.260 e. The van der Waals surface area contributed by atoms with E-state index in [0.717, 1.165) is 11.6 Å². The third-order valence-corrected chi connectivity index (χ3v) is 7.45. The van der Waals surface area contributed by atoms with Gasteiger partial charge in [-0.15, -0.1) is 0 Å². The van der Waals surface area contributed by atoms with Crippen molar-refractivity contribution in [2.45, 2.75) is 43.9 Å². The molecule has 0 radical (unpaired) electrons. The zero-order chi connectivity index (χ0) is 28.6. The number of halogens is 2. The standard InChI is InChI=1S/C28H30F2N6O4/c1-40-21-7-6-18(29)14-20(21)26(38)33-15-16-2-4-17(5-3-16)23-22(25(32)37)24(31)36(34-23)19-8-12-35(13-9-19)27(39)28(30)10-11-28/h2-7,14,19H,8-13,15,31H2,1H3,(H2,32,37)(H,33,38). The molecule has 1 aliphatic heterocycles. The van der Waals surface area contributed by atoms with Gasteiger partial charge in [0.1, 0.15) is 28.6 Å². The Morgan fingerprint density at radius 2 is 1.80 bits per heavy atom. The first-order valence-corrected chi connectivity index (χ1v) is 13.0. The fraction of sp³-hybridized carbons (Fsp3) is 0.357. The zero-order valence-electron chi connectivity index (χ0n) is 22.0. The summed E-state index contributed by atoms with van der Waals surface area (Å²) in [6.07, 6.45) is 1.58. The summed E-state index contributed by atoms with van der Waals surface area (Å²) < 4.78 is 34.6. The molecular formula is C28H30F2N6O4. The molecule has 0 unspecified atom stereocenters. The van der Waals surface area contributed by atoms with Crippen LogP contribution >= 0.6 is 0 Å². The van der Waals surface area contributed by atoms with Gasteiger partial charge in [-0.1, -0.05) is 24.3 Å². The maximum absolute atomic E-state index is 14.2. The molecule has 0 spiro atoms. The topological polar surface area (TPSA) is 146 Å². The van der Waals surface area contributed by atoms with Gasteiger partial charge in [0.15, 0.2) is 5.67 Å². The van der Waals surface area contributed by atoms with Crippen LogP contribution < -0.4 is 21.5 Å². The summed E-state index contributed by atoms with van der Waals surface area (Å²) in [6, 6.07) is 10.5. The Hall–Kier alpha value is -4.48. The van der Waals surface area contributed by atoms with Gasteiger partial charge in [-0.25, -0.2) is 13.5 Å². The Labute approximate surface area is 229 Å². The number of aromatic nitrogens is 2. The molecule has 5 N–H and O–H groups in total. The third kappa shape index (κ3) is 5.21. The number of hydrogen-bond acceptors (Lipinski definition) is 6. The van der Waals surface area contributed by atoms with Crippen molar-refractivity contribution in [3.05, 3.63) is 65.0 Å². The Kier molecular flexibility index (Phi) is 7.17. The maximum atomic E-state index is 14.2. The van der Waals surface area contributed by atoms with Crippen LogP contribution in [-0.4, -0.2) is 58.3 Å². The number of benzene rings is 2. The molecule has 3 aromatic rings. The quantitative estimate of drug-likeness (QED) is 0.392. The van der Waals surface area contributed by atoms with Gasteiger partial charge in [0.2, 0.25) is 0 Å². The van der Waals surface area contributed by atoms with Crippen molar-refractivity contribution in [1.82, 2.24) is 20.0 Å². The van der Waals surface area contributed by atoms with Crippen molar-refractivity contribution in [2.75, 3.05) is 25.9 Å². The number of anilines is 1. The number of likely N-dealkylation sites (tertiary alicyclic amines) is 1. The van der Waals surface area contributed by atoms with Crippen LogP contribution in [-0.2, 0) is 11.3 Å². The van der Waals surface area contributed by atoms with Gasteiger partial charge < -0.3 is 26.4 Å². The number of ether oxygens (including phenoxy) is 1. The monoisotopic (exact) mass is 552 g/mol. The van der Waals surface area contributed by atoms with E-state index in [2.05, 4.69) is 10.4 Å². The Balaban J connectivity index is 1.29. The van der Waals surface area contributed by atoms with E-state index in [4.69, 9.17) is 16.2 Å². The van der Waals surface area contributed by atoms with E-state index >= 15 is 0 Å². The SMILES string of the molecule is COc1ccc(F)cc1C(=O)NCc1ccc(-c2nn(C3CCN(C(=O)C4(F)CC4)CC3)c(N)c2C(N)=O)cc1. The molecule has 5 rings (SSSR count). The highest BCUT2D eigenvalue weighted by atomic mass is 19.1. The predicted molar refractivity (Wildman–Crippen MR) is 143 cm³/mol. The highest BCUT2D eigenvalue weighted by molar-refractivity contribution is 6.03. The zero-order valence-corrected chi connectivity index (χ0v) is 22.0. The van der Waals surface area contributed by atoms with Gasteiger partial charge in [0.05, 0.1) is 18.7 Å². The second-order valence-corrected chi connectivity index (χ2v) is 10.1. The number of nitrogens with two attached hydrogens (primary N) is 2. The second kappa shape index (κ2) is 10.6. The summed E-state index contributed by atoms with van der Waals surface area (Å²) in [5.41, 5.74) is 12.1. The van der Waals surface area contributed by atoms with Crippen LogP contribution in [0.1, 0.15) is 58.0 Å². The van der Waals surface area contributed by atoms with E-state index < -0.39 is 29.2 Å². The van der Waals surface area contributed by atoms with Crippen LogP contribution in [0.25, 0.3) is 11.3 Å². The molecule has 3 amide bonds. The van der Waals surface area contributed by atoms with E-state index in [0.29, 0.717) is 37.2 Å². The summed E-state index contributed by atoms with van der Waals surface area (Å²) in [5.74, 6) is -1.83. The minimum Gasteiger partial charge on any atom is -0.496 e. The van der Waals surface area contributed by atoms with Crippen LogP contribution in [0.15, 0.2) is 42.5 Å². The number of amides is 3. The van der Waals surface area contributed by atoms with E-state index in [1.165, 1.54) is 19.2 Å². The number of carbonyl (C=O) groups excluding carboxylic acids is 3. The lowest BCUT2D eigenvalue weighted by Crippen LogP contribution is -2.44. The Morgan fingerprint density at radius 3 is 2.40 bits per heavy atom. The molecule has 10 nitrogen and oxygen atoms in total. The number of nitrogens with one attached hydrogen (secondary N) is 1. The first-order chi connectivity index (χ1) is 19.1.